The van der Waals surface area contributed by atoms with Gasteiger partial charge >= 0.3 is 0 Å². The molecule has 1 aromatic rings. The Morgan fingerprint density at radius 1 is 1.16 bits per heavy atom. The van der Waals surface area contributed by atoms with E-state index in [1.165, 1.54) is 43.6 Å². The van der Waals surface area contributed by atoms with Crippen LogP contribution < -0.4 is 0 Å². The average molecular weight is 260 g/mol. The molecular formula is C16H24N2O. The van der Waals surface area contributed by atoms with Gasteiger partial charge in [-0.15, -0.1) is 0 Å². The average Bonchev–Trinajstić information content (AvgIpc) is 2.48. The lowest BCUT2D eigenvalue weighted by Gasteiger charge is -2.35. The highest BCUT2D eigenvalue weighted by Crippen LogP contribution is 2.23. The van der Waals surface area contributed by atoms with Crippen LogP contribution in [0.4, 0.5) is 0 Å². The lowest BCUT2D eigenvalue weighted by molar-refractivity contribution is -0.195. The summed E-state index contributed by atoms with van der Waals surface area (Å²) in [6.07, 6.45) is 2.63. The van der Waals surface area contributed by atoms with Crippen molar-refractivity contribution in [3.05, 3.63) is 35.4 Å². The van der Waals surface area contributed by atoms with E-state index in [2.05, 4.69) is 41.2 Å². The Morgan fingerprint density at radius 2 is 1.89 bits per heavy atom. The summed E-state index contributed by atoms with van der Waals surface area (Å²) in [6, 6.07) is 8.62. The normalized spacial score (nSPS) is 22.4. The Bertz CT molecular complexity index is 413. The standard InChI is InChI=1S/C16H24N2O/c1-2-17-9-7-14(8-10-17)11-18-12-15-5-3-4-6-16(15)13-19-18/h3-6,14H,2,7-13H2,1H3. The summed E-state index contributed by atoms with van der Waals surface area (Å²) in [7, 11) is 0. The molecule has 1 saturated heterocycles. The van der Waals surface area contributed by atoms with E-state index in [0.717, 1.165) is 25.6 Å². The second-order valence-corrected chi connectivity index (χ2v) is 5.74. The number of hydrogen-bond donors (Lipinski definition) is 0. The first-order chi connectivity index (χ1) is 9.35. The summed E-state index contributed by atoms with van der Waals surface area (Å²) in [5.41, 5.74) is 2.78. The summed E-state index contributed by atoms with van der Waals surface area (Å²) in [5, 5.41) is 2.18. The Balaban J connectivity index is 1.52. The summed E-state index contributed by atoms with van der Waals surface area (Å²) in [4.78, 5) is 8.42. The zero-order chi connectivity index (χ0) is 13.1. The van der Waals surface area contributed by atoms with E-state index in [1.807, 2.05) is 0 Å². The third kappa shape index (κ3) is 3.16. The van der Waals surface area contributed by atoms with Crippen molar-refractivity contribution in [3.8, 4) is 0 Å². The van der Waals surface area contributed by atoms with Crippen LogP contribution in [0.2, 0.25) is 0 Å². The quantitative estimate of drug-likeness (QED) is 0.831. The Morgan fingerprint density at radius 3 is 2.63 bits per heavy atom. The molecule has 0 bridgehead atoms. The lowest BCUT2D eigenvalue weighted by atomic mass is 9.96. The molecule has 2 heterocycles. The molecule has 0 spiro atoms. The van der Waals surface area contributed by atoms with E-state index < -0.39 is 0 Å². The fourth-order valence-electron chi connectivity index (χ4n) is 3.14. The van der Waals surface area contributed by atoms with Crippen LogP contribution >= 0.6 is 0 Å². The van der Waals surface area contributed by atoms with Gasteiger partial charge in [-0.1, -0.05) is 31.2 Å². The third-order valence-corrected chi connectivity index (χ3v) is 4.48. The summed E-state index contributed by atoms with van der Waals surface area (Å²) in [6.45, 7) is 8.74. The highest BCUT2D eigenvalue weighted by atomic mass is 16.7. The van der Waals surface area contributed by atoms with Crippen LogP contribution in [0.25, 0.3) is 0 Å². The van der Waals surface area contributed by atoms with Gasteiger partial charge in [-0.2, -0.15) is 5.06 Å². The van der Waals surface area contributed by atoms with Crippen LogP contribution in [0.1, 0.15) is 30.9 Å². The van der Waals surface area contributed by atoms with Gasteiger partial charge in [0.2, 0.25) is 0 Å². The van der Waals surface area contributed by atoms with E-state index in [1.54, 1.807) is 0 Å². The van der Waals surface area contributed by atoms with Gasteiger partial charge in [0.05, 0.1) is 6.61 Å². The molecule has 0 radical (unpaired) electrons. The van der Waals surface area contributed by atoms with Gasteiger partial charge in [-0.05, 0) is 49.5 Å². The number of piperidine rings is 1. The molecule has 0 amide bonds. The van der Waals surface area contributed by atoms with Crippen LogP contribution in [-0.4, -0.2) is 36.1 Å². The van der Waals surface area contributed by atoms with Crippen molar-refractivity contribution in [2.75, 3.05) is 26.2 Å². The predicted molar refractivity (Wildman–Crippen MR) is 76.5 cm³/mol. The van der Waals surface area contributed by atoms with Crippen molar-refractivity contribution < 1.29 is 4.84 Å². The van der Waals surface area contributed by atoms with Crippen molar-refractivity contribution in [2.24, 2.45) is 5.92 Å². The molecule has 0 saturated carbocycles. The van der Waals surface area contributed by atoms with Gasteiger partial charge in [-0.25, -0.2) is 0 Å². The smallest absolute Gasteiger partial charge is 0.0939 e. The van der Waals surface area contributed by atoms with Gasteiger partial charge in [0.15, 0.2) is 0 Å². The summed E-state index contributed by atoms with van der Waals surface area (Å²) < 4.78 is 0. The van der Waals surface area contributed by atoms with E-state index in [4.69, 9.17) is 4.84 Å². The van der Waals surface area contributed by atoms with Crippen molar-refractivity contribution in [1.82, 2.24) is 9.96 Å². The SMILES string of the molecule is CCN1CCC(CN2Cc3ccccc3CO2)CC1. The topological polar surface area (TPSA) is 15.7 Å². The number of hydroxylamine groups is 2. The first-order valence-electron chi connectivity index (χ1n) is 7.52. The second-order valence-electron chi connectivity index (χ2n) is 5.74. The molecule has 0 N–H and O–H groups in total. The maximum absolute atomic E-state index is 5.88. The molecule has 3 nitrogen and oxygen atoms in total. The number of benzene rings is 1. The Kier molecular flexibility index (Phi) is 4.16. The number of nitrogens with zero attached hydrogens (tertiary/aromatic N) is 2. The van der Waals surface area contributed by atoms with E-state index in [9.17, 15) is 0 Å². The molecule has 3 rings (SSSR count). The zero-order valence-corrected chi connectivity index (χ0v) is 11.8. The maximum atomic E-state index is 5.88. The Labute approximate surface area is 116 Å². The monoisotopic (exact) mass is 260 g/mol. The molecule has 1 fully saturated rings. The Hall–Kier alpha value is -0.900. The maximum Gasteiger partial charge on any atom is 0.0939 e. The van der Waals surface area contributed by atoms with Crippen LogP contribution in [0, 0.1) is 5.92 Å². The molecule has 0 unspecified atom stereocenters. The number of likely N-dealkylation sites (tertiary alicyclic amines) is 1. The highest BCUT2D eigenvalue weighted by Gasteiger charge is 2.23. The molecule has 3 heteroatoms. The lowest BCUT2D eigenvalue weighted by Crippen LogP contribution is -2.39. The van der Waals surface area contributed by atoms with Crippen LogP contribution in [-0.2, 0) is 18.0 Å². The van der Waals surface area contributed by atoms with Gasteiger partial charge in [0, 0.05) is 13.1 Å². The minimum Gasteiger partial charge on any atom is -0.304 e. The molecule has 0 aromatic heterocycles. The van der Waals surface area contributed by atoms with Crippen LogP contribution in [0.15, 0.2) is 24.3 Å². The van der Waals surface area contributed by atoms with Gasteiger partial charge < -0.3 is 4.90 Å². The zero-order valence-electron chi connectivity index (χ0n) is 11.8. The molecule has 0 atom stereocenters. The highest BCUT2D eigenvalue weighted by molar-refractivity contribution is 5.27. The largest absolute Gasteiger partial charge is 0.304 e. The minimum absolute atomic E-state index is 0.740. The van der Waals surface area contributed by atoms with Crippen LogP contribution in [0.3, 0.4) is 0 Å². The van der Waals surface area contributed by atoms with E-state index >= 15 is 0 Å². The molecule has 2 aliphatic heterocycles. The minimum atomic E-state index is 0.740. The molecular weight excluding hydrogens is 236 g/mol. The summed E-state index contributed by atoms with van der Waals surface area (Å²) in [5.74, 6) is 0.799. The summed E-state index contributed by atoms with van der Waals surface area (Å²) >= 11 is 0. The van der Waals surface area contributed by atoms with E-state index in [-0.39, 0.29) is 0 Å². The van der Waals surface area contributed by atoms with Gasteiger partial charge in [-0.3, -0.25) is 4.84 Å². The predicted octanol–water partition coefficient (Wildman–Crippen LogP) is 2.67. The number of fused-ring (bicyclic) bond motifs is 1. The second kappa shape index (κ2) is 6.04. The number of hydrogen-bond acceptors (Lipinski definition) is 3. The molecule has 19 heavy (non-hydrogen) atoms. The first-order valence-corrected chi connectivity index (χ1v) is 7.52. The first kappa shape index (κ1) is 13.1. The molecule has 2 aliphatic rings. The molecule has 0 aliphatic carbocycles. The van der Waals surface area contributed by atoms with Crippen molar-refractivity contribution in [3.63, 3.8) is 0 Å². The molecule has 1 aromatic carbocycles. The van der Waals surface area contributed by atoms with Gasteiger partial charge in [0.1, 0.15) is 0 Å². The van der Waals surface area contributed by atoms with Gasteiger partial charge in [0.25, 0.3) is 0 Å². The van der Waals surface area contributed by atoms with Crippen LogP contribution in [0.5, 0.6) is 0 Å². The van der Waals surface area contributed by atoms with Crippen molar-refractivity contribution >= 4 is 0 Å². The van der Waals surface area contributed by atoms with Crippen molar-refractivity contribution in [1.29, 1.82) is 0 Å². The fraction of sp³-hybridized carbons (Fsp3) is 0.625. The third-order valence-electron chi connectivity index (χ3n) is 4.48. The van der Waals surface area contributed by atoms with Crippen molar-refractivity contribution in [2.45, 2.75) is 32.9 Å². The fourth-order valence-corrected chi connectivity index (χ4v) is 3.14. The van der Waals surface area contributed by atoms with E-state index in [0.29, 0.717) is 0 Å². The number of rotatable bonds is 3. The molecule has 104 valence electrons.